The smallest absolute Gasteiger partial charge is 0.303 e. The molecule has 0 saturated carbocycles. The highest BCUT2D eigenvalue weighted by atomic mass is 16.4. The van der Waals surface area contributed by atoms with Gasteiger partial charge in [0, 0.05) is 47.6 Å². The van der Waals surface area contributed by atoms with Gasteiger partial charge in [-0.2, -0.15) is 0 Å². The van der Waals surface area contributed by atoms with Crippen molar-refractivity contribution in [3.8, 4) is 11.1 Å². The molecule has 1 aliphatic rings. The fourth-order valence-electron chi connectivity index (χ4n) is 5.09. The van der Waals surface area contributed by atoms with Crippen LogP contribution in [-0.4, -0.2) is 40.0 Å². The molecule has 1 saturated heterocycles. The largest absolute Gasteiger partial charge is 0.481 e. The Balaban J connectivity index is 1.40. The summed E-state index contributed by atoms with van der Waals surface area (Å²) in [6.07, 6.45) is 3.18. The van der Waals surface area contributed by atoms with E-state index in [1.54, 1.807) is 0 Å². The van der Waals surface area contributed by atoms with Crippen molar-refractivity contribution in [3.63, 3.8) is 0 Å². The predicted octanol–water partition coefficient (Wildman–Crippen LogP) is 6.33. The summed E-state index contributed by atoms with van der Waals surface area (Å²) in [5.41, 5.74) is 5.83. The van der Waals surface area contributed by atoms with Crippen LogP contribution in [0, 0.1) is 0 Å². The molecule has 0 radical (unpaired) electrons. The number of aromatic nitrogens is 1. The zero-order chi connectivity index (χ0) is 24.9. The first-order valence-electron chi connectivity index (χ1n) is 12.6. The van der Waals surface area contributed by atoms with Gasteiger partial charge in [0.25, 0.3) is 5.91 Å². The zero-order valence-electron chi connectivity index (χ0n) is 20.3. The molecule has 3 aromatic carbocycles. The lowest BCUT2D eigenvalue weighted by Gasteiger charge is -2.17. The molecule has 5 rings (SSSR count). The fraction of sp³-hybridized carbons (Fsp3) is 0.258. The molecule has 5 nitrogen and oxygen atoms in total. The van der Waals surface area contributed by atoms with Gasteiger partial charge in [0.2, 0.25) is 0 Å². The summed E-state index contributed by atoms with van der Waals surface area (Å²) in [6.45, 7) is 1.49. The molecule has 0 spiro atoms. The number of carbonyl (C=O) groups is 2. The molecule has 36 heavy (non-hydrogen) atoms. The quantitative estimate of drug-likeness (QED) is 0.301. The molecule has 1 aromatic heterocycles. The molecule has 1 amide bonds. The van der Waals surface area contributed by atoms with Crippen molar-refractivity contribution in [2.75, 3.05) is 13.1 Å². The van der Waals surface area contributed by atoms with Crippen molar-refractivity contribution in [3.05, 3.63) is 102 Å². The standard InChI is InChI=1S/C31H30N2O3/c34-30(35)14-8-7-13-28-27(23-11-5-2-6-12-23)19-24-15-16-25(20-29(24)32-28)31(36)33-18-17-26(21-33)22-9-3-1-4-10-22/h1-6,9-12,15-16,19-20,26H,7-8,13-14,17-18,21H2,(H,34,35). The topological polar surface area (TPSA) is 70.5 Å². The third-order valence-corrected chi connectivity index (χ3v) is 7.03. The first-order chi connectivity index (χ1) is 17.6. The number of rotatable bonds is 8. The number of carboxylic acids is 1. The molecule has 0 bridgehead atoms. The van der Waals surface area contributed by atoms with Gasteiger partial charge in [-0.15, -0.1) is 0 Å². The SMILES string of the molecule is O=C(O)CCCCc1nc2cc(C(=O)N3CCC(c4ccccc4)C3)ccc2cc1-c1ccccc1. The third-order valence-electron chi connectivity index (χ3n) is 7.03. The van der Waals surface area contributed by atoms with Gasteiger partial charge in [0.15, 0.2) is 0 Å². The Morgan fingerprint density at radius 1 is 0.917 bits per heavy atom. The molecule has 1 atom stereocenters. The highest BCUT2D eigenvalue weighted by Crippen LogP contribution is 2.30. The normalized spacial score (nSPS) is 15.3. The third kappa shape index (κ3) is 5.30. The number of nitrogens with zero attached hydrogens (tertiary/aromatic N) is 2. The fourth-order valence-corrected chi connectivity index (χ4v) is 5.09. The van der Waals surface area contributed by atoms with Gasteiger partial charge in [-0.05, 0) is 55.0 Å². The number of pyridine rings is 1. The molecular formula is C31H30N2O3. The number of hydrogen-bond donors (Lipinski definition) is 1. The Kier molecular flexibility index (Phi) is 7.08. The molecule has 4 aromatic rings. The van der Waals surface area contributed by atoms with E-state index < -0.39 is 5.97 Å². The van der Waals surface area contributed by atoms with Gasteiger partial charge in [-0.25, -0.2) is 0 Å². The molecule has 1 aliphatic heterocycles. The van der Waals surface area contributed by atoms with Crippen LogP contribution >= 0.6 is 0 Å². The van der Waals surface area contributed by atoms with E-state index in [1.165, 1.54) is 5.56 Å². The van der Waals surface area contributed by atoms with Crippen molar-refractivity contribution in [2.45, 2.75) is 38.0 Å². The van der Waals surface area contributed by atoms with E-state index >= 15 is 0 Å². The number of fused-ring (bicyclic) bond motifs is 1. The van der Waals surface area contributed by atoms with Crippen molar-refractivity contribution >= 4 is 22.8 Å². The van der Waals surface area contributed by atoms with Crippen molar-refractivity contribution in [1.29, 1.82) is 0 Å². The molecule has 1 fully saturated rings. The van der Waals surface area contributed by atoms with Crippen LogP contribution in [0.3, 0.4) is 0 Å². The number of carbonyl (C=O) groups excluding carboxylic acids is 1. The van der Waals surface area contributed by atoms with Crippen LogP contribution in [0.5, 0.6) is 0 Å². The van der Waals surface area contributed by atoms with Crippen LogP contribution in [0.25, 0.3) is 22.0 Å². The van der Waals surface area contributed by atoms with Crippen LogP contribution in [0.2, 0.25) is 0 Å². The van der Waals surface area contributed by atoms with Crippen LogP contribution in [0.4, 0.5) is 0 Å². The number of likely N-dealkylation sites (tertiary alicyclic amines) is 1. The maximum Gasteiger partial charge on any atom is 0.303 e. The molecule has 2 heterocycles. The summed E-state index contributed by atoms with van der Waals surface area (Å²) in [6, 6.07) is 28.5. The molecule has 5 heteroatoms. The molecule has 0 aliphatic carbocycles. The van der Waals surface area contributed by atoms with E-state index in [0.717, 1.165) is 53.7 Å². The summed E-state index contributed by atoms with van der Waals surface area (Å²) in [7, 11) is 0. The highest BCUT2D eigenvalue weighted by Gasteiger charge is 2.28. The van der Waals surface area contributed by atoms with Gasteiger partial charge in [0.1, 0.15) is 0 Å². The summed E-state index contributed by atoms with van der Waals surface area (Å²) in [5.74, 6) is -0.351. The molecular weight excluding hydrogens is 448 g/mol. The number of amides is 1. The maximum absolute atomic E-state index is 13.4. The van der Waals surface area contributed by atoms with E-state index in [0.29, 0.717) is 24.3 Å². The lowest BCUT2D eigenvalue weighted by Crippen LogP contribution is -2.28. The van der Waals surface area contributed by atoms with E-state index in [9.17, 15) is 9.59 Å². The van der Waals surface area contributed by atoms with E-state index in [-0.39, 0.29) is 12.3 Å². The minimum absolute atomic E-state index is 0.0484. The Bertz CT molecular complexity index is 1370. The van der Waals surface area contributed by atoms with Crippen LogP contribution < -0.4 is 0 Å². The second-order valence-electron chi connectivity index (χ2n) is 9.50. The second kappa shape index (κ2) is 10.7. The number of hydrogen-bond acceptors (Lipinski definition) is 3. The lowest BCUT2D eigenvalue weighted by atomic mass is 9.97. The Morgan fingerprint density at radius 2 is 1.67 bits per heavy atom. The van der Waals surface area contributed by atoms with Gasteiger partial charge in [0.05, 0.1) is 5.52 Å². The van der Waals surface area contributed by atoms with Gasteiger partial charge in [-0.3, -0.25) is 14.6 Å². The van der Waals surface area contributed by atoms with Gasteiger partial charge in [-0.1, -0.05) is 66.7 Å². The van der Waals surface area contributed by atoms with E-state index in [1.807, 2.05) is 47.4 Å². The minimum atomic E-state index is -0.774. The summed E-state index contributed by atoms with van der Waals surface area (Å²) >= 11 is 0. The maximum atomic E-state index is 13.4. The first kappa shape index (κ1) is 23.7. The van der Waals surface area contributed by atoms with Crippen LogP contribution in [0.15, 0.2) is 84.9 Å². The predicted molar refractivity (Wildman–Crippen MR) is 142 cm³/mol. The van der Waals surface area contributed by atoms with Gasteiger partial charge < -0.3 is 10.0 Å². The number of carboxylic acid groups (broad SMARTS) is 1. The Morgan fingerprint density at radius 3 is 2.42 bits per heavy atom. The summed E-state index contributed by atoms with van der Waals surface area (Å²) in [5, 5.41) is 9.98. The van der Waals surface area contributed by atoms with E-state index in [2.05, 4.69) is 42.5 Å². The lowest BCUT2D eigenvalue weighted by molar-refractivity contribution is -0.137. The molecule has 1 unspecified atom stereocenters. The summed E-state index contributed by atoms with van der Waals surface area (Å²) in [4.78, 5) is 31.2. The van der Waals surface area contributed by atoms with Crippen molar-refractivity contribution in [1.82, 2.24) is 9.88 Å². The average Bonchev–Trinajstić information content (AvgIpc) is 3.41. The van der Waals surface area contributed by atoms with Crippen LogP contribution in [-0.2, 0) is 11.2 Å². The van der Waals surface area contributed by atoms with Gasteiger partial charge >= 0.3 is 5.97 Å². The highest BCUT2D eigenvalue weighted by molar-refractivity contribution is 5.98. The zero-order valence-corrected chi connectivity index (χ0v) is 20.3. The Labute approximate surface area is 211 Å². The monoisotopic (exact) mass is 478 g/mol. The first-order valence-corrected chi connectivity index (χ1v) is 12.6. The second-order valence-corrected chi connectivity index (χ2v) is 9.50. The molecule has 182 valence electrons. The number of benzene rings is 3. The average molecular weight is 479 g/mol. The number of aliphatic carboxylic acids is 1. The summed E-state index contributed by atoms with van der Waals surface area (Å²) < 4.78 is 0. The number of unbranched alkanes of at least 4 members (excludes halogenated alkanes) is 1. The van der Waals surface area contributed by atoms with E-state index in [4.69, 9.17) is 10.1 Å². The van der Waals surface area contributed by atoms with Crippen molar-refractivity contribution in [2.24, 2.45) is 0 Å². The molecule has 1 N–H and O–H groups in total. The van der Waals surface area contributed by atoms with Crippen molar-refractivity contribution < 1.29 is 14.7 Å². The Hall–Kier alpha value is -3.99. The minimum Gasteiger partial charge on any atom is -0.481 e. The van der Waals surface area contributed by atoms with Crippen LogP contribution in [0.1, 0.15) is 53.2 Å². The number of aryl methyl sites for hydroxylation is 1.